The smallest absolute Gasteiger partial charge is 0.387 e. The van der Waals surface area contributed by atoms with Gasteiger partial charge in [0.15, 0.2) is 0 Å². The van der Waals surface area contributed by atoms with Crippen LogP contribution in [-0.2, 0) is 0 Å². The van der Waals surface area contributed by atoms with E-state index in [1.807, 2.05) is 40.5 Å². The molecule has 1 aliphatic heterocycles. The molecule has 23 heavy (non-hydrogen) atoms. The highest BCUT2D eigenvalue weighted by molar-refractivity contribution is 5.74. The molecule has 2 N–H and O–H groups in total. The van der Waals surface area contributed by atoms with Gasteiger partial charge >= 0.3 is 12.2 Å². The van der Waals surface area contributed by atoms with Gasteiger partial charge in [-0.3, -0.25) is 4.90 Å². The molecule has 1 aliphatic rings. The van der Waals surface area contributed by atoms with E-state index in [1.54, 1.807) is 0 Å². The molecule has 0 spiro atoms. The summed E-state index contributed by atoms with van der Waals surface area (Å²) in [5.41, 5.74) is 0.817. The minimum absolute atomic E-state index is 0.338. The molecule has 0 unspecified atom stereocenters. The number of hydrogen-bond donors (Lipinski definition) is 2. The summed E-state index contributed by atoms with van der Waals surface area (Å²) in [5, 5.41) is 12.0. The lowest BCUT2D eigenvalue weighted by Crippen LogP contribution is -2.53. The zero-order valence-electron chi connectivity index (χ0n) is 12.6. The number of halogens is 3. The minimum atomic E-state index is -4.41. The summed E-state index contributed by atoms with van der Waals surface area (Å²) in [6.45, 7) is 0.823. The minimum Gasteiger partial charge on any atom is -0.387 e. The number of amides is 2. The molecule has 0 bridgehead atoms. The van der Waals surface area contributed by atoms with Crippen molar-refractivity contribution in [1.29, 1.82) is 0 Å². The van der Waals surface area contributed by atoms with Gasteiger partial charge in [-0.15, -0.1) is 0 Å². The summed E-state index contributed by atoms with van der Waals surface area (Å²) < 4.78 is 36.2. The summed E-state index contributed by atoms with van der Waals surface area (Å²) in [5.74, 6) is 0. The van der Waals surface area contributed by atoms with Crippen LogP contribution in [0.4, 0.5) is 18.0 Å². The maximum absolute atomic E-state index is 12.1. The van der Waals surface area contributed by atoms with Crippen LogP contribution in [0.3, 0.4) is 0 Å². The van der Waals surface area contributed by atoms with Crippen molar-refractivity contribution in [1.82, 2.24) is 15.1 Å². The van der Waals surface area contributed by atoms with Gasteiger partial charge in [-0.1, -0.05) is 30.3 Å². The van der Waals surface area contributed by atoms with Crippen LogP contribution < -0.4 is 5.32 Å². The van der Waals surface area contributed by atoms with E-state index in [2.05, 4.69) is 0 Å². The van der Waals surface area contributed by atoms with E-state index in [-0.39, 0.29) is 0 Å². The fourth-order valence-corrected chi connectivity index (χ4v) is 2.45. The molecular weight excluding hydrogens is 311 g/mol. The molecule has 1 aromatic carbocycles. The average molecular weight is 331 g/mol. The van der Waals surface area contributed by atoms with E-state index in [9.17, 15) is 23.1 Å². The Hall–Kier alpha value is -1.80. The van der Waals surface area contributed by atoms with Crippen LogP contribution in [0.1, 0.15) is 11.7 Å². The van der Waals surface area contributed by atoms with Gasteiger partial charge in [0.05, 0.1) is 6.10 Å². The molecule has 1 saturated heterocycles. The number of piperazine rings is 1. The van der Waals surface area contributed by atoms with E-state index >= 15 is 0 Å². The second-order valence-corrected chi connectivity index (χ2v) is 5.49. The highest BCUT2D eigenvalue weighted by Gasteiger charge is 2.30. The maximum atomic E-state index is 12.1. The van der Waals surface area contributed by atoms with Gasteiger partial charge in [0.25, 0.3) is 0 Å². The standard InChI is InChI=1S/C15H20F3N3O2/c16-15(17,18)11-19-14(23)21-8-6-20(7-9-21)10-13(22)12-4-2-1-3-5-12/h1-5,13,22H,6-11H2,(H,19,23)/t13-/m0/s1. The lowest BCUT2D eigenvalue weighted by molar-refractivity contribution is -0.123. The van der Waals surface area contributed by atoms with Gasteiger partial charge in [0.2, 0.25) is 0 Å². The summed E-state index contributed by atoms with van der Waals surface area (Å²) >= 11 is 0. The van der Waals surface area contributed by atoms with Crippen LogP contribution in [0.15, 0.2) is 30.3 Å². The van der Waals surface area contributed by atoms with Crippen molar-refractivity contribution in [3.8, 4) is 0 Å². The third-order valence-electron chi connectivity index (χ3n) is 3.72. The highest BCUT2D eigenvalue weighted by Crippen LogP contribution is 2.15. The number of nitrogens with one attached hydrogen (secondary N) is 1. The number of β-amino-alcohol motifs (C(OH)–C–C–N with tert-alkyl or cyclic N) is 1. The van der Waals surface area contributed by atoms with E-state index < -0.39 is 24.9 Å². The third kappa shape index (κ3) is 5.72. The number of hydrogen-bond acceptors (Lipinski definition) is 3. The van der Waals surface area contributed by atoms with Crippen molar-refractivity contribution in [3.05, 3.63) is 35.9 Å². The molecule has 1 aromatic rings. The van der Waals surface area contributed by atoms with E-state index in [1.165, 1.54) is 4.90 Å². The summed E-state index contributed by atoms with van der Waals surface area (Å²) in [6.07, 6.45) is -5.03. The second kappa shape index (κ2) is 7.65. The van der Waals surface area contributed by atoms with Gasteiger partial charge in [0.1, 0.15) is 6.54 Å². The zero-order chi connectivity index (χ0) is 16.9. The fraction of sp³-hybridized carbons (Fsp3) is 0.533. The SMILES string of the molecule is O=C(NCC(F)(F)F)N1CCN(C[C@H](O)c2ccccc2)CC1. The highest BCUT2D eigenvalue weighted by atomic mass is 19.4. The number of aliphatic hydroxyl groups excluding tert-OH is 1. The van der Waals surface area contributed by atoms with Crippen LogP contribution in [0.5, 0.6) is 0 Å². The van der Waals surface area contributed by atoms with Gasteiger partial charge in [-0.2, -0.15) is 13.2 Å². The molecule has 128 valence electrons. The summed E-state index contributed by atoms with van der Waals surface area (Å²) in [4.78, 5) is 15.0. The largest absolute Gasteiger partial charge is 0.405 e. The van der Waals surface area contributed by atoms with E-state index in [4.69, 9.17) is 0 Å². The number of benzene rings is 1. The molecule has 0 aliphatic carbocycles. The first kappa shape index (κ1) is 17.6. The molecular formula is C15H20F3N3O2. The summed E-state index contributed by atoms with van der Waals surface area (Å²) in [7, 11) is 0. The zero-order valence-corrected chi connectivity index (χ0v) is 12.6. The average Bonchev–Trinajstić information content (AvgIpc) is 2.53. The van der Waals surface area contributed by atoms with Gasteiger partial charge in [-0.25, -0.2) is 4.79 Å². The first-order valence-corrected chi connectivity index (χ1v) is 7.40. The van der Waals surface area contributed by atoms with Crippen molar-refractivity contribution < 1.29 is 23.1 Å². The van der Waals surface area contributed by atoms with E-state index in [0.29, 0.717) is 32.7 Å². The number of alkyl halides is 3. The van der Waals surface area contributed by atoms with Crippen molar-refractivity contribution in [2.24, 2.45) is 0 Å². The Kier molecular flexibility index (Phi) is 5.84. The molecule has 0 radical (unpaired) electrons. The monoisotopic (exact) mass is 331 g/mol. The molecule has 2 rings (SSSR count). The number of urea groups is 1. The predicted molar refractivity (Wildman–Crippen MR) is 78.9 cm³/mol. The number of rotatable bonds is 4. The third-order valence-corrected chi connectivity index (χ3v) is 3.72. The Bertz CT molecular complexity index is 502. The number of aliphatic hydroxyl groups is 1. The molecule has 0 saturated carbocycles. The van der Waals surface area contributed by atoms with Crippen LogP contribution in [0.2, 0.25) is 0 Å². The normalized spacial score (nSPS) is 17.8. The first-order chi connectivity index (χ1) is 10.8. The lowest BCUT2D eigenvalue weighted by Gasteiger charge is -2.35. The number of carbonyl (C=O) groups is 1. The predicted octanol–water partition coefficient (Wildman–Crippen LogP) is 1.61. The molecule has 1 fully saturated rings. The number of nitrogens with zero attached hydrogens (tertiary/aromatic N) is 2. The van der Waals surface area contributed by atoms with Crippen molar-refractivity contribution in [2.75, 3.05) is 39.3 Å². The topological polar surface area (TPSA) is 55.8 Å². The molecule has 0 aromatic heterocycles. The second-order valence-electron chi connectivity index (χ2n) is 5.49. The van der Waals surface area contributed by atoms with Crippen molar-refractivity contribution >= 4 is 6.03 Å². The van der Waals surface area contributed by atoms with Gasteiger partial charge in [-0.05, 0) is 5.56 Å². The summed E-state index contributed by atoms with van der Waals surface area (Å²) in [6, 6.07) is 8.54. The van der Waals surface area contributed by atoms with Gasteiger partial charge < -0.3 is 15.3 Å². The molecule has 5 nitrogen and oxygen atoms in total. The Labute approximate surface area is 132 Å². The van der Waals surface area contributed by atoms with Crippen molar-refractivity contribution in [3.63, 3.8) is 0 Å². The van der Waals surface area contributed by atoms with E-state index in [0.717, 1.165) is 5.56 Å². The van der Waals surface area contributed by atoms with Crippen molar-refractivity contribution in [2.45, 2.75) is 12.3 Å². The van der Waals surface area contributed by atoms with Crippen LogP contribution in [0.25, 0.3) is 0 Å². The van der Waals surface area contributed by atoms with Crippen LogP contribution in [-0.4, -0.2) is 66.4 Å². The number of carbonyl (C=O) groups excluding carboxylic acids is 1. The Balaban J connectivity index is 1.74. The Morgan fingerprint density at radius 3 is 2.35 bits per heavy atom. The van der Waals surface area contributed by atoms with Crippen LogP contribution in [0, 0.1) is 0 Å². The quantitative estimate of drug-likeness (QED) is 0.881. The Morgan fingerprint density at radius 2 is 1.78 bits per heavy atom. The fourth-order valence-electron chi connectivity index (χ4n) is 2.45. The maximum Gasteiger partial charge on any atom is 0.405 e. The van der Waals surface area contributed by atoms with Gasteiger partial charge in [0, 0.05) is 32.7 Å². The first-order valence-electron chi connectivity index (χ1n) is 7.40. The molecule has 1 atom stereocenters. The lowest BCUT2D eigenvalue weighted by atomic mass is 10.1. The molecule has 1 heterocycles. The van der Waals surface area contributed by atoms with Crippen LogP contribution >= 0.6 is 0 Å². The Morgan fingerprint density at radius 1 is 1.17 bits per heavy atom. The molecule has 2 amide bonds. The molecule has 8 heteroatoms.